The maximum atomic E-state index is 13.5. The van der Waals surface area contributed by atoms with E-state index in [0.29, 0.717) is 84.4 Å². The van der Waals surface area contributed by atoms with Crippen LogP contribution in [0.15, 0.2) is 66.9 Å². The van der Waals surface area contributed by atoms with Gasteiger partial charge in [0, 0.05) is 64.5 Å². The first-order valence-corrected chi connectivity index (χ1v) is 16.8. The van der Waals surface area contributed by atoms with Gasteiger partial charge in [-0.05, 0) is 80.3 Å². The second kappa shape index (κ2) is 13.4. The maximum Gasteiger partial charge on any atom is 0.259 e. The molecule has 2 saturated heterocycles. The monoisotopic (exact) mass is 699 g/mol. The van der Waals surface area contributed by atoms with Gasteiger partial charge in [0.2, 0.25) is 5.91 Å². The van der Waals surface area contributed by atoms with Crippen molar-refractivity contribution in [2.24, 2.45) is 5.92 Å². The summed E-state index contributed by atoms with van der Waals surface area (Å²) in [5.74, 6) is -1.79. The minimum Gasteiger partial charge on any atom is -0.339 e. The van der Waals surface area contributed by atoms with Gasteiger partial charge in [0.1, 0.15) is 5.69 Å². The number of halogens is 2. The summed E-state index contributed by atoms with van der Waals surface area (Å²) >= 11 is 12.3. The summed E-state index contributed by atoms with van der Waals surface area (Å²) in [6, 6.07) is 16.7. The zero-order valence-electron chi connectivity index (χ0n) is 26.2. The van der Waals surface area contributed by atoms with E-state index in [1.54, 1.807) is 58.3 Å². The molecule has 4 aromatic rings. The van der Waals surface area contributed by atoms with Crippen LogP contribution in [-0.2, 0) is 4.79 Å². The molecule has 0 aliphatic carbocycles. The molecule has 12 nitrogen and oxygen atoms in total. The summed E-state index contributed by atoms with van der Waals surface area (Å²) < 4.78 is 1.83. The first-order valence-electron chi connectivity index (χ1n) is 16.0. The maximum absolute atomic E-state index is 13.5. The molecule has 0 radical (unpaired) electrons. The van der Waals surface area contributed by atoms with Gasteiger partial charge in [0.05, 0.1) is 23.4 Å². The Labute approximate surface area is 291 Å². The van der Waals surface area contributed by atoms with Crippen molar-refractivity contribution in [1.29, 1.82) is 0 Å². The second-order valence-electron chi connectivity index (χ2n) is 12.4. The van der Waals surface area contributed by atoms with Crippen molar-refractivity contribution in [3.63, 3.8) is 0 Å². The van der Waals surface area contributed by atoms with Gasteiger partial charge >= 0.3 is 0 Å². The van der Waals surface area contributed by atoms with Crippen LogP contribution in [0.1, 0.15) is 73.2 Å². The van der Waals surface area contributed by atoms with Crippen molar-refractivity contribution in [3.05, 3.63) is 99.2 Å². The molecule has 0 unspecified atom stereocenters. The molecule has 7 rings (SSSR count). The number of nitrogens with one attached hydrogen (secondary N) is 2. The SMILES string of the molecule is O=C1NC(=O)c2cc(NC(=O)C3CCN(C(=O)c4cccc(C(=O)N5CCC(n6cc(-c7cc(Cl)cc(Cl)c7)nn6)CC5)c4)CC3)ccc21. The quantitative estimate of drug-likeness (QED) is 0.266. The number of imide groups is 1. The lowest BCUT2D eigenvalue weighted by atomic mass is 9.95. The molecule has 0 atom stereocenters. The number of likely N-dealkylation sites (tertiary alicyclic amines) is 2. The van der Waals surface area contributed by atoms with Crippen LogP contribution in [0.25, 0.3) is 11.3 Å². The lowest BCUT2D eigenvalue weighted by molar-refractivity contribution is -0.121. The molecule has 0 saturated carbocycles. The van der Waals surface area contributed by atoms with E-state index >= 15 is 0 Å². The number of aromatic nitrogens is 3. The second-order valence-corrected chi connectivity index (χ2v) is 13.3. The van der Waals surface area contributed by atoms with E-state index < -0.39 is 11.8 Å². The first kappa shape index (κ1) is 32.5. The summed E-state index contributed by atoms with van der Waals surface area (Å²) in [4.78, 5) is 67.1. The van der Waals surface area contributed by atoms with Crippen molar-refractivity contribution in [1.82, 2.24) is 30.1 Å². The number of hydrogen-bond acceptors (Lipinski definition) is 7. The highest BCUT2D eigenvalue weighted by Gasteiger charge is 2.31. The zero-order chi connectivity index (χ0) is 34.2. The van der Waals surface area contributed by atoms with Gasteiger partial charge in [-0.2, -0.15) is 0 Å². The van der Waals surface area contributed by atoms with Crippen LogP contribution in [0.5, 0.6) is 0 Å². The third-order valence-electron chi connectivity index (χ3n) is 9.31. The van der Waals surface area contributed by atoms with Gasteiger partial charge in [-0.3, -0.25) is 29.3 Å². The normalized spacial score (nSPS) is 16.8. The summed E-state index contributed by atoms with van der Waals surface area (Å²) in [7, 11) is 0. The van der Waals surface area contributed by atoms with Gasteiger partial charge < -0.3 is 15.1 Å². The highest BCUT2D eigenvalue weighted by Crippen LogP contribution is 2.29. The Bertz CT molecular complexity index is 1980. The molecule has 14 heteroatoms. The molecule has 0 spiro atoms. The molecule has 3 aromatic carbocycles. The number of amides is 5. The zero-order valence-corrected chi connectivity index (χ0v) is 27.7. The molecule has 2 N–H and O–H groups in total. The fourth-order valence-corrected chi connectivity index (χ4v) is 7.13. The molecule has 1 aromatic heterocycles. The summed E-state index contributed by atoms with van der Waals surface area (Å²) in [6.07, 6.45) is 4.21. The Kier molecular flexibility index (Phi) is 8.91. The number of piperidine rings is 2. The summed E-state index contributed by atoms with van der Waals surface area (Å²) in [5, 5.41) is 14.7. The van der Waals surface area contributed by atoms with E-state index in [0.717, 1.165) is 5.56 Å². The van der Waals surface area contributed by atoms with Crippen LogP contribution < -0.4 is 10.6 Å². The Balaban J connectivity index is 0.915. The van der Waals surface area contributed by atoms with E-state index in [-0.39, 0.29) is 40.8 Å². The average Bonchev–Trinajstić information content (AvgIpc) is 3.72. The first-order chi connectivity index (χ1) is 23.6. The Morgan fingerprint density at radius 3 is 2.02 bits per heavy atom. The number of carbonyl (C=O) groups excluding carboxylic acids is 5. The van der Waals surface area contributed by atoms with Crippen molar-refractivity contribution < 1.29 is 24.0 Å². The minimum atomic E-state index is -0.488. The standard InChI is InChI=1S/C35H31Cl2N7O5/c36-24-15-23(16-25(37)17-24)30-19-44(41-40-30)27-8-12-43(13-9-27)35(49)22-3-1-2-21(14-22)34(48)42-10-6-20(7-11-42)31(45)38-26-4-5-28-29(18-26)33(47)39-32(28)46/h1-5,14-20,27H,6-13H2,(H,38,45)(H,39,46,47). The van der Waals surface area contributed by atoms with Gasteiger partial charge in [-0.1, -0.05) is 34.5 Å². The van der Waals surface area contributed by atoms with Crippen LogP contribution in [0.3, 0.4) is 0 Å². The molecule has 3 aliphatic heterocycles. The van der Waals surface area contributed by atoms with Gasteiger partial charge in [-0.25, -0.2) is 4.68 Å². The smallest absolute Gasteiger partial charge is 0.259 e. The number of benzene rings is 3. The number of rotatable bonds is 6. The van der Waals surface area contributed by atoms with Crippen molar-refractivity contribution >= 4 is 58.4 Å². The average molecular weight is 701 g/mol. The Hall–Kier alpha value is -5.07. The predicted octanol–water partition coefficient (Wildman–Crippen LogP) is 5.10. The van der Waals surface area contributed by atoms with Gasteiger partial charge in [0.25, 0.3) is 23.6 Å². The summed E-state index contributed by atoms with van der Waals surface area (Å²) in [6.45, 7) is 1.84. The Morgan fingerprint density at radius 1 is 0.755 bits per heavy atom. The minimum absolute atomic E-state index is 0.0819. The molecule has 49 heavy (non-hydrogen) atoms. The van der Waals surface area contributed by atoms with Gasteiger partial charge in [-0.15, -0.1) is 5.10 Å². The van der Waals surface area contributed by atoms with Gasteiger partial charge in [0.15, 0.2) is 0 Å². The third kappa shape index (κ3) is 6.79. The number of anilines is 1. The summed E-state index contributed by atoms with van der Waals surface area (Å²) in [5.41, 5.74) is 3.27. The van der Waals surface area contributed by atoms with Crippen molar-refractivity contribution in [2.45, 2.75) is 31.7 Å². The predicted molar refractivity (Wildman–Crippen MR) is 182 cm³/mol. The van der Waals surface area contributed by atoms with E-state index in [1.165, 1.54) is 12.1 Å². The van der Waals surface area contributed by atoms with E-state index in [1.807, 2.05) is 10.9 Å². The highest BCUT2D eigenvalue weighted by atomic mass is 35.5. The van der Waals surface area contributed by atoms with E-state index in [4.69, 9.17) is 23.2 Å². The molecule has 2 fully saturated rings. The number of hydrogen-bond donors (Lipinski definition) is 2. The molecule has 5 amide bonds. The largest absolute Gasteiger partial charge is 0.339 e. The number of nitrogens with zero attached hydrogens (tertiary/aromatic N) is 5. The van der Waals surface area contributed by atoms with Crippen LogP contribution in [0, 0.1) is 5.92 Å². The molecular weight excluding hydrogens is 669 g/mol. The van der Waals surface area contributed by atoms with Crippen molar-refractivity contribution in [2.75, 3.05) is 31.5 Å². The van der Waals surface area contributed by atoms with Crippen LogP contribution >= 0.6 is 23.2 Å². The third-order valence-corrected chi connectivity index (χ3v) is 9.74. The van der Waals surface area contributed by atoms with E-state index in [9.17, 15) is 24.0 Å². The molecule has 3 aliphatic rings. The lowest BCUT2D eigenvalue weighted by Gasteiger charge is -2.32. The lowest BCUT2D eigenvalue weighted by Crippen LogP contribution is -2.41. The Morgan fingerprint density at radius 2 is 1.37 bits per heavy atom. The molecular formula is C35H31Cl2N7O5. The highest BCUT2D eigenvalue weighted by molar-refractivity contribution is 6.35. The van der Waals surface area contributed by atoms with Crippen LogP contribution in [0.2, 0.25) is 10.0 Å². The van der Waals surface area contributed by atoms with Crippen molar-refractivity contribution in [3.8, 4) is 11.3 Å². The molecule has 0 bridgehead atoms. The topological polar surface area (TPSA) is 147 Å². The molecule has 4 heterocycles. The van der Waals surface area contributed by atoms with Crippen LogP contribution in [-0.4, -0.2) is 80.5 Å². The van der Waals surface area contributed by atoms with E-state index in [2.05, 4.69) is 20.9 Å². The molecule has 250 valence electrons. The number of carbonyl (C=O) groups is 5. The van der Waals surface area contributed by atoms with Crippen LogP contribution in [0.4, 0.5) is 5.69 Å². The fraction of sp³-hybridized carbons (Fsp3) is 0.286. The fourth-order valence-electron chi connectivity index (χ4n) is 6.61. The number of fused-ring (bicyclic) bond motifs is 1.